The van der Waals surface area contributed by atoms with Gasteiger partial charge in [-0.25, -0.2) is 0 Å². The fourth-order valence-corrected chi connectivity index (χ4v) is 7.31. The molecule has 0 N–H and O–H groups in total. The highest BCUT2D eigenvalue weighted by molar-refractivity contribution is 7.73. The number of hydrogen-bond donors (Lipinski definition) is 0. The molecule has 0 saturated carbocycles. The maximum atomic E-state index is 5.98. The summed E-state index contributed by atoms with van der Waals surface area (Å²) < 4.78 is 5.98. The number of rotatable bonds is 5. The van der Waals surface area contributed by atoms with E-state index in [9.17, 15) is 0 Å². The molecule has 0 unspecified atom stereocenters. The molecule has 0 aliphatic heterocycles. The lowest BCUT2D eigenvalue weighted by Gasteiger charge is -2.35. The lowest BCUT2D eigenvalue weighted by Crippen LogP contribution is -2.24. The van der Waals surface area contributed by atoms with Crippen LogP contribution < -0.4 is 0 Å². The van der Waals surface area contributed by atoms with Gasteiger partial charge in [0.05, 0.1) is 22.5 Å². The third-order valence-corrected chi connectivity index (χ3v) is 8.71. The van der Waals surface area contributed by atoms with Crippen LogP contribution in [0.3, 0.4) is 0 Å². The molecule has 0 atom stereocenters. The van der Waals surface area contributed by atoms with Gasteiger partial charge in [-0.1, -0.05) is 11.6 Å². The van der Waals surface area contributed by atoms with Gasteiger partial charge in [0.1, 0.15) is 0 Å². The number of halogens is 2. The Morgan fingerprint density at radius 2 is 1.33 bits per heavy atom. The van der Waals surface area contributed by atoms with Crippen molar-refractivity contribution < 1.29 is 4.52 Å². The van der Waals surface area contributed by atoms with Crippen LogP contribution in [0.25, 0.3) is 0 Å². The van der Waals surface area contributed by atoms with E-state index >= 15 is 0 Å². The van der Waals surface area contributed by atoms with Gasteiger partial charge >= 0.3 is 0 Å². The molecule has 0 aliphatic carbocycles. The van der Waals surface area contributed by atoms with Crippen LogP contribution in [0.5, 0.6) is 0 Å². The first-order valence-electron chi connectivity index (χ1n) is 5.32. The molecule has 90 valence electrons. The molecule has 4 heteroatoms. The van der Waals surface area contributed by atoms with Crippen molar-refractivity contribution in [2.75, 3.05) is 0 Å². The van der Waals surface area contributed by atoms with Crippen LogP contribution in [0.4, 0.5) is 0 Å². The van der Waals surface area contributed by atoms with Gasteiger partial charge in [0.2, 0.25) is 0 Å². The molecule has 0 bridgehead atoms. The average molecular weight is 272 g/mol. The molecular formula is C11H22Cl2OP+. The Morgan fingerprint density at radius 3 is 1.53 bits per heavy atom. The predicted octanol–water partition coefficient (Wildman–Crippen LogP) is 5.44. The average Bonchev–Trinajstić information content (AvgIpc) is 2.11. The van der Waals surface area contributed by atoms with Crippen molar-refractivity contribution in [1.82, 2.24) is 0 Å². The van der Waals surface area contributed by atoms with Crippen LogP contribution in [0, 0.1) is 0 Å². The van der Waals surface area contributed by atoms with E-state index in [0.717, 1.165) is 0 Å². The Bertz CT molecular complexity index is 203. The summed E-state index contributed by atoms with van der Waals surface area (Å²) in [5.41, 5.74) is 2.78. The molecule has 0 spiro atoms. The SMILES string of the molecule is CC(C)[P+](O/C(Cl)=C/Cl)(C(C)C)C(C)C. The molecule has 0 aromatic heterocycles. The van der Waals surface area contributed by atoms with Crippen LogP contribution in [0.1, 0.15) is 41.5 Å². The van der Waals surface area contributed by atoms with E-state index in [4.69, 9.17) is 27.7 Å². The minimum Gasteiger partial charge on any atom is -0.337 e. The fraction of sp³-hybridized carbons (Fsp3) is 0.818. The van der Waals surface area contributed by atoms with Gasteiger partial charge in [0.25, 0.3) is 5.22 Å². The maximum Gasteiger partial charge on any atom is 0.250 e. The molecule has 0 aliphatic rings. The molecule has 0 aromatic rings. The van der Waals surface area contributed by atoms with E-state index in [-0.39, 0.29) is 0 Å². The molecule has 0 amide bonds. The van der Waals surface area contributed by atoms with Gasteiger partial charge in [-0.05, 0) is 53.1 Å². The van der Waals surface area contributed by atoms with Gasteiger partial charge in [-0.2, -0.15) is 0 Å². The minimum atomic E-state index is -1.57. The number of hydrogen-bond acceptors (Lipinski definition) is 1. The van der Waals surface area contributed by atoms with Gasteiger partial charge in [0, 0.05) is 0 Å². The second-order valence-corrected chi connectivity index (χ2v) is 9.95. The zero-order chi connectivity index (χ0) is 12.2. The van der Waals surface area contributed by atoms with E-state index in [1.54, 1.807) is 0 Å². The molecule has 0 radical (unpaired) electrons. The van der Waals surface area contributed by atoms with Crippen molar-refractivity contribution in [1.29, 1.82) is 0 Å². The van der Waals surface area contributed by atoms with Crippen molar-refractivity contribution in [2.45, 2.75) is 58.5 Å². The molecule has 1 nitrogen and oxygen atoms in total. The zero-order valence-electron chi connectivity index (χ0n) is 10.4. The Kier molecular flexibility index (Phi) is 6.56. The zero-order valence-corrected chi connectivity index (χ0v) is 12.8. The van der Waals surface area contributed by atoms with E-state index in [0.29, 0.717) is 22.2 Å². The molecule has 0 aromatic carbocycles. The first-order valence-corrected chi connectivity index (χ1v) is 8.05. The standard InChI is InChI=1S/C11H22Cl2OP/c1-8(2)15(9(3)4,10(5)6)14-11(13)7-12/h7-10H,1-6H3/q+1/b11-7+. The molecule has 15 heavy (non-hydrogen) atoms. The van der Waals surface area contributed by atoms with Crippen molar-refractivity contribution in [3.63, 3.8) is 0 Å². The van der Waals surface area contributed by atoms with Crippen LogP contribution >= 0.6 is 30.7 Å². The van der Waals surface area contributed by atoms with E-state index in [2.05, 4.69) is 41.5 Å². The summed E-state index contributed by atoms with van der Waals surface area (Å²) in [5, 5.41) is 0.320. The lowest BCUT2D eigenvalue weighted by molar-refractivity contribution is 0.469. The Labute approximate surface area is 105 Å². The fourth-order valence-electron chi connectivity index (χ4n) is 2.28. The first kappa shape index (κ1) is 15.6. The van der Waals surface area contributed by atoms with Crippen molar-refractivity contribution in [3.05, 3.63) is 10.8 Å². The Balaban J connectivity index is 5.14. The van der Waals surface area contributed by atoms with Crippen LogP contribution in [0.2, 0.25) is 0 Å². The van der Waals surface area contributed by atoms with Crippen molar-refractivity contribution in [3.8, 4) is 0 Å². The largest absolute Gasteiger partial charge is 0.337 e. The van der Waals surface area contributed by atoms with Crippen molar-refractivity contribution >= 4 is 30.7 Å². The van der Waals surface area contributed by atoms with Gasteiger partial charge in [-0.3, -0.25) is 0 Å². The summed E-state index contributed by atoms with van der Waals surface area (Å²) in [6.45, 7) is 13.2. The van der Waals surface area contributed by atoms with Gasteiger partial charge in [0.15, 0.2) is 7.49 Å². The summed E-state index contributed by atoms with van der Waals surface area (Å²) in [6.07, 6.45) is 0. The van der Waals surface area contributed by atoms with E-state index in [1.807, 2.05) is 0 Å². The molecule has 0 fully saturated rings. The van der Waals surface area contributed by atoms with E-state index in [1.165, 1.54) is 5.54 Å². The highest BCUT2D eigenvalue weighted by Crippen LogP contribution is 2.72. The molecular weight excluding hydrogens is 250 g/mol. The summed E-state index contributed by atoms with van der Waals surface area (Å²) >= 11 is 11.5. The monoisotopic (exact) mass is 271 g/mol. The quantitative estimate of drug-likeness (QED) is 0.478. The molecule has 0 rings (SSSR count). The highest BCUT2D eigenvalue weighted by atomic mass is 35.5. The molecule has 0 heterocycles. The molecule has 0 saturated heterocycles. The lowest BCUT2D eigenvalue weighted by atomic mass is 10.5. The maximum absolute atomic E-state index is 5.98. The predicted molar refractivity (Wildman–Crippen MR) is 73.2 cm³/mol. The highest BCUT2D eigenvalue weighted by Gasteiger charge is 2.51. The minimum absolute atomic E-state index is 0.320. The Hall–Kier alpha value is 0.550. The third kappa shape index (κ3) is 3.51. The summed E-state index contributed by atoms with van der Waals surface area (Å²) in [4.78, 5) is 0. The second-order valence-electron chi connectivity index (χ2n) is 4.55. The van der Waals surface area contributed by atoms with Crippen molar-refractivity contribution in [2.24, 2.45) is 0 Å². The van der Waals surface area contributed by atoms with E-state index < -0.39 is 7.49 Å². The summed E-state index contributed by atoms with van der Waals surface area (Å²) in [5.74, 6) is 0. The van der Waals surface area contributed by atoms with Gasteiger partial charge in [-0.15, -0.1) is 0 Å². The van der Waals surface area contributed by atoms with Gasteiger partial charge < -0.3 is 4.52 Å². The smallest absolute Gasteiger partial charge is 0.250 e. The van der Waals surface area contributed by atoms with Crippen LogP contribution in [-0.4, -0.2) is 17.0 Å². The van der Waals surface area contributed by atoms with Crippen LogP contribution in [0.15, 0.2) is 10.8 Å². The Morgan fingerprint density at radius 1 is 1.00 bits per heavy atom. The first-order chi connectivity index (χ1) is 6.78. The summed E-state index contributed by atoms with van der Waals surface area (Å²) in [7, 11) is -1.57. The third-order valence-electron chi connectivity index (χ3n) is 2.75. The summed E-state index contributed by atoms with van der Waals surface area (Å²) in [6, 6.07) is 0. The second kappa shape index (κ2) is 6.33. The normalized spacial score (nSPS) is 14.2. The topological polar surface area (TPSA) is 9.23 Å². The van der Waals surface area contributed by atoms with Crippen LogP contribution in [-0.2, 0) is 4.52 Å².